The van der Waals surface area contributed by atoms with Gasteiger partial charge in [-0.1, -0.05) is 152 Å². The second-order valence-corrected chi connectivity index (χ2v) is 13.7. The summed E-state index contributed by atoms with van der Waals surface area (Å²) in [5.41, 5.74) is 12.1. The van der Waals surface area contributed by atoms with E-state index >= 15 is 0 Å². The standard InChI is InChI=1S/C51H34N4O/c1-5-15-35(16-6-1)39-21-13-24-43(33-39)55(41-22-11-4-12-23-41)42-30-27-36(28-31-42)40-29-32-44-47(34-40)56-46-26-14-25-45(48(44)46)51-53-49(37-17-7-2-8-18-37)52-50(54-51)38-19-9-3-10-20-38/h1-34H. The number of rotatable bonds is 8. The van der Waals surface area contributed by atoms with Crippen LogP contribution in [0.5, 0.6) is 0 Å². The maximum Gasteiger partial charge on any atom is 0.164 e. The number of nitrogens with zero attached hydrogens (tertiary/aromatic N) is 4. The van der Waals surface area contributed by atoms with Crippen LogP contribution < -0.4 is 4.90 Å². The normalized spacial score (nSPS) is 11.2. The second kappa shape index (κ2) is 14.3. The third kappa shape index (κ3) is 6.27. The van der Waals surface area contributed by atoms with Crippen LogP contribution in [0.1, 0.15) is 0 Å². The van der Waals surface area contributed by atoms with Gasteiger partial charge in [0, 0.05) is 44.5 Å². The van der Waals surface area contributed by atoms with E-state index in [1.165, 1.54) is 11.1 Å². The average molecular weight is 719 g/mol. The Morgan fingerprint density at radius 1 is 0.321 bits per heavy atom. The molecule has 0 N–H and O–H groups in total. The molecule has 2 heterocycles. The zero-order valence-corrected chi connectivity index (χ0v) is 30.3. The van der Waals surface area contributed by atoms with Crippen molar-refractivity contribution in [2.24, 2.45) is 0 Å². The highest BCUT2D eigenvalue weighted by Gasteiger charge is 2.19. The molecule has 8 aromatic carbocycles. The molecule has 0 atom stereocenters. The number of para-hydroxylation sites is 1. The molecule has 0 saturated heterocycles. The van der Waals surface area contributed by atoms with Crippen LogP contribution in [0.25, 0.3) is 78.4 Å². The van der Waals surface area contributed by atoms with E-state index in [4.69, 9.17) is 19.4 Å². The Labute approximate surface area is 324 Å². The maximum atomic E-state index is 6.55. The minimum absolute atomic E-state index is 0.600. The highest BCUT2D eigenvalue weighted by Crippen LogP contribution is 2.40. The minimum atomic E-state index is 0.600. The van der Waals surface area contributed by atoms with E-state index in [-0.39, 0.29) is 0 Å². The van der Waals surface area contributed by atoms with Crippen molar-refractivity contribution in [3.05, 3.63) is 206 Å². The Balaban J connectivity index is 1.03. The smallest absolute Gasteiger partial charge is 0.164 e. The Kier molecular flexibility index (Phi) is 8.43. The van der Waals surface area contributed by atoms with Gasteiger partial charge in [0.2, 0.25) is 0 Å². The fourth-order valence-electron chi connectivity index (χ4n) is 7.40. The summed E-state index contributed by atoms with van der Waals surface area (Å²) in [5.74, 6) is 1.85. The van der Waals surface area contributed by atoms with Gasteiger partial charge < -0.3 is 9.32 Å². The first kappa shape index (κ1) is 33.0. The largest absolute Gasteiger partial charge is 0.456 e. The zero-order valence-electron chi connectivity index (χ0n) is 30.3. The lowest BCUT2D eigenvalue weighted by atomic mass is 10.0. The summed E-state index contributed by atoms with van der Waals surface area (Å²) in [4.78, 5) is 17.2. The van der Waals surface area contributed by atoms with Crippen molar-refractivity contribution in [3.63, 3.8) is 0 Å². The van der Waals surface area contributed by atoms with Gasteiger partial charge in [0.05, 0.1) is 0 Å². The van der Waals surface area contributed by atoms with Crippen molar-refractivity contribution >= 4 is 39.0 Å². The van der Waals surface area contributed by atoms with Gasteiger partial charge in [-0.25, -0.2) is 15.0 Å². The van der Waals surface area contributed by atoms with Crippen molar-refractivity contribution in [2.75, 3.05) is 4.90 Å². The fourth-order valence-corrected chi connectivity index (χ4v) is 7.40. The van der Waals surface area contributed by atoms with E-state index < -0.39 is 0 Å². The lowest BCUT2D eigenvalue weighted by Gasteiger charge is -2.26. The summed E-state index contributed by atoms with van der Waals surface area (Å²) in [6.45, 7) is 0. The predicted molar refractivity (Wildman–Crippen MR) is 229 cm³/mol. The van der Waals surface area contributed by atoms with Gasteiger partial charge in [-0.3, -0.25) is 0 Å². The molecule has 0 fully saturated rings. The van der Waals surface area contributed by atoms with Crippen molar-refractivity contribution in [1.82, 2.24) is 15.0 Å². The van der Waals surface area contributed by atoms with Crippen LogP contribution >= 0.6 is 0 Å². The molecule has 264 valence electrons. The second-order valence-electron chi connectivity index (χ2n) is 13.7. The van der Waals surface area contributed by atoms with Gasteiger partial charge in [-0.15, -0.1) is 0 Å². The molecule has 0 aliphatic heterocycles. The Morgan fingerprint density at radius 3 is 1.46 bits per heavy atom. The van der Waals surface area contributed by atoms with E-state index in [9.17, 15) is 0 Å². The first-order chi connectivity index (χ1) is 27.7. The van der Waals surface area contributed by atoms with Gasteiger partial charge in [0.1, 0.15) is 11.2 Å². The molecule has 0 unspecified atom stereocenters. The fraction of sp³-hybridized carbons (Fsp3) is 0. The maximum absolute atomic E-state index is 6.55. The van der Waals surface area contributed by atoms with E-state index in [0.717, 1.165) is 66.8 Å². The van der Waals surface area contributed by atoms with Crippen molar-refractivity contribution in [1.29, 1.82) is 0 Å². The molecule has 0 amide bonds. The zero-order chi connectivity index (χ0) is 37.3. The molecule has 56 heavy (non-hydrogen) atoms. The summed E-state index contributed by atoms with van der Waals surface area (Å²) in [7, 11) is 0. The van der Waals surface area contributed by atoms with Gasteiger partial charge >= 0.3 is 0 Å². The summed E-state index contributed by atoms with van der Waals surface area (Å²) < 4.78 is 6.55. The third-order valence-corrected chi connectivity index (χ3v) is 10.1. The summed E-state index contributed by atoms with van der Waals surface area (Å²) >= 11 is 0. The highest BCUT2D eigenvalue weighted by molar-refractivity contribution is 6.12. The number of hydrogen-bond acceptors (Lipinski definition) is 5. The van der Waals surface area contributed by atoms with Gasteiger partial charge in [-0.05, 0) is 76.9 Å². The molecule has 10 aromatic rings. The van der Waals surface area contributed by atoms with Gasteiger partial charge in [-0.2, -0.15) is 0 Å². The summed E-state index contributed by atoms with van der Waals surface area (Å²) in [6.07, 6.45) is 0. The molecule has 5 heteroatoms. The number of benzene rings is 8. The first-order valence-corrected chi connectivity index (χ1v) is 18.7. The molecular formula is C51H34N4O. The molecule has 0 aliphatic rings. The number of anilines is 3. The lowest BCUT2D eigenvalue weighted by Crippen LogP contribution is -2.09. The van der Waals surface area contributed by atoms with Crippen LogP contribution in [0.2, 0.25) is 0 Å². The summed E-state index contributed by atoms with van der Waals surface area (Å²) in [6, 6.07) is 71.1. The van der Waals surface area contributed by atoms with E-state index in [0.29, 0.717) is 17.5 Å². The third-order valence-electron chi connectivity index (χ3n) is 10.1. The van der Waals surface area contributed by atoms with Crippen LogP contribution in [0.4, 0.5) is 17.1 Å². The predicted octanol–water partition coefficient (Wildman–Crippen LogP) is 13.6. The number of hydrogen-bond donors (Lipinski definition) is 0. The van der Waals surface area contributed by atoms with Crippen molar-refractivity contribution in [3.8, 4) is 56.4 Å². The Bertz CT molecular complexity index is 2890. The van der Waals surface area contributed by atoms with Gasteiger partial charge in [0.15, 0.2) is 17.5 Å². The first-order valence-electron chi connectivity index (χ1n) is 18.7. The minimum Gasteiger partial charge on any atom is -0.456 e. The summed E-state index contributed by atoms with van der Waals surface area (Å²) in [5, 5.41) is 1.98. The van der Waals surface area contributed by atoms with Crippen molar-refractivity contribution in [2.45, 2.75) is 0 Å². The number of furan rings is 1. The average Bonchev–Trinajstić information content (AvgIpc) is 3.66. The highest BCUT2D eigenvalue weighted by atomic mass is 16.3. The van der Waals surface area contributed by atoms with Crippen LogP contribution in [0, 0.1) is 0 Å². The van der Waals surface area contributed by atoms with E-state index in [1.54, 1.807) is 0 Å². The molecule has 5 nitrogen and oxygen atoms in total. The molecule has 0 saturated carbocycles. The van der Waals surface area contributed by atoms with Crippen molar-refractivity contribution < 1.29 is 4.42 Å². The van der Waals surface area contributed by atoms with Crippen LogP contribution in [-0.2, 0) is 0 Å². The topological polar surface area (TPSA) is 55.1 Å². The number of aromatic nitrogens is 3. The SMILES string of the molecule is c1ccc(-c2cccc(N(c3ccccc3)c3ccc(-c4ccc5c(c4)oc4cccc(-c6nc(-c7ccccc7)nc(-c7ccccc7)n6)c45)cc3)c2)cc1. The van der Waals surface area contributed by atoms with Gasteiger partial charge in [0.25, 0.3) is 0 Å². The van der Waals surface area contributed by atoms with Crippen LogP contribution in [-0.4, -0.2) is 15.0 Å². The van der Waals surface area contributed by atoms with Crippen LogP contribution in [0.15, 0.2) is 211 Å². The molecule has 2 aromatic heterocycles. The van der Waals surface area contributed by atoms with E-state index in [1.807, 2.05) is 72.8 Å². The lowest BCUT2D eigenvalue weighted by molar-refractivity contribution is 0.669. The molecule has 0 spiro atoms. The quantitative estimate of drug-likeness (QED) is 0.157. The Hall–Kier alpha value is -7.63. The molecule has 0 aliphatic carbocycles. The Morgan fingerprint density at radius 2 is 0.804 bits per heavy atom. The molecule has 0 radical (unpaired) electrons. The molecule has 10 rings (SSSR count). The number of fused-ring (bicyclic) bond motifs is 3. The van der Waals surface area contributed by atoms with Crippen LogP contribution in [0.3, 0.4) is 0 Å². The monoisotopic (exact) mass is 718 g/mol. The molecular weight excluding hydrogens is 685 g/mol. The molecule has 0 bridgehead atoms. The van der Waals surface area contributed by atoms with E-state index in [2.05, 4.69) is 138 Å².